The summed E-state index contributed by atoms with van der Waals surface area (Å²) in [7, 11) is 0. The van der Waals surface area contributed by atoms with Crippen LogP contribution in [-0.4, -0.2) is 93.2 Å². The van der Waals surface area contributed by atoms with Gasteiger partial charge in [-0.25, -0.2) is 9.59 Å². The van der Waals surface area contributed by atoms with E-state index in [0.29, 0.717) is 17.8 Å². The molecule has 55 heavy (non-hydrogen) atoms. The fourth-order valence-corrected chi connectivity index (χ4v) is 6.77. The van der Waals surface area contributed by atoms with Crippen LogP contribution in [0, 0.1) is 0 Å². The van der Waals surface area contributed by atoms with Gasteiger partial charge in [-0.3, -0.25) is 19.3 Å². The van der Waals surface area contributed by atoms with E-state index in [0.717, 1.165) is 16.7 Å². The minimum absolute atomic E-state index is 0.00256. The molecule has 2 aliphatic heterocycles. The van der Waals surface area contributed by atoms with Gasteiger partial charge in [0.15, 0.2) is 6.61 Å². The average molecular weight is 810 g/mol. The Labute approximate surface area is 317 Å². The van der Waals surface area contributed by atoms with E-state index < -0.39 is 65.4 Å². The first-order chi connectivity index (χ1) is 25.8. The van der Waals surface area contributed by atoms with Crippen LogP contribution in [-0.2, 0) is 26.7 Å². The number of ether oxygens (including phenoxy) is 1. The highest BCUT2D eigenvalue weighted by Gasteiger charge is 2.37. The standard InChI is InChI=1S/C35H29F6N5O7S2/c36-34(37,38)23-14-21(15-24(17-23)35(39,40)41)20-3-6-26(53-18-29(48)44-9-11-45(12-10-44)32(42)52)22(13-20)16-27-30(49)46(33(54)55-27)8-7-28(47)43-25-4-1-19(2-5-25)31(50)51/h1-6,13-17H,7-12,18H2,(H2,42,52)(H,43,47)(H,50,51)/b27-16-. The number of nitrogens with zero attached hydrogens (tertiary/aromatic N) is 3. The Bertz CT molecular complexity index is 2040. The number of thiocarbonyl (C=S) groups is 1. The third-order valence-electron chi connectivity index (χ3n) is 8.36. The summed E-state index contributed by atoms with van der Waals surface area (Å²) >= 11 is 6.18. The summed E-state index contributed by atoms with van der Waals surface area (Å²) in [5.41, 5.74) is 1.99. The molecule has 20 heteroatoms. The molecule has 0 bridgehead atoms. The van der Waals surface area contributed by atoms with E-state index in [4.69, 9.17) is 27.8 Å². The number of piperazine rings is 1. The van der Waals surface area contributed by atoms with Gasteiger partial charge in [0.25, 0.3) is 11.8 Å². The smallest absolute Gasteiger partial charge is 0.416 e. The Balaban J connectivity index is 1.40. The van der Waals surface area contributed by atoms with Gasteiger partial charge >= 0.3 is 24.4 Å². The summed E-state index contributed by atoms with van der Waals surface area (Å²) in [6.45, 7) is -0.0420. The highest BCUT2D eigenvalue weighted by Crippen LogP contribution is 2.40. The zero-order valence-electron chi connectivity index (χ0n) is 28.2. The SMILES string of the molecule is NC(=O)N1CCN(C(=O)COc2ccc(-c3cc(C(F)(F)F)cc(C(F)(F)F)c3)cc2/C=C2\SC(=S)N(CCC(=O)Nc3ccc(C(=O)O)cc3)C2=O)CC1. The number of thioether (sulfide) groups is 1. The van der Waals surface area contributed by atoms with E-state index in [1.54, 1.807) is 0 Å². The lowest BCUT2D eigenvalue weighted by atomic mass is 9.97. The van der Waals surface area contributed by atoms with Gasteiger partial charge in [0.05, 0.1) is 21.6 Å². The molecular weight excluding hydrogens is 781 g/mol. The predicted octanol–water partition coefficient (Wildman–Crippen LogP) is 5.92. The Hall–Kier alpha value is -5.63. The van der Waals surface area contributed by atoms with Crippen LogP contribution in [0.5, 0.6) is 5.75 Å². The maximum Gasteiger partial charge on any atom is 0.416 e. The van der Waals surface area contributed by atoms with Gasteiger partial charge < -0.3 is 30.7 Å². The largest absolute Gasteiger partial charge is 0.483 e. The fraction of sp³-hybridized carbons (Fsp3) is 0.257. The minimum Gasteiger partial charge on any atom is -0.483 e. The maximum atomic E-state index is 13.7. The number of benzene rings is 3. The van der Waals surface area contributed by atoms with E-state index in [-0.39, 0.29) is 76.9 Å². The van der Waals surface area contributed by atoms with Crippen LogP contribution in [0.4, 0.5) is 36.8 Å². The van der Waals surface area contributed by atoms with Crippen LogP contribution < -0.4 is 15.8 Å². The monoisotopic (exact) mass is 809 g/mol. The van der Waals surface area contributed by atoms with E-state index in [1.807, 2.05) is 0 Å². The zero-order valence-corrected chi connectivity index (χ0v) is 29.8. The molecule has 2 saturated heterocycles. The molecule has 0 radical (unpaired) electrons. The Morgan fingerprint density at radius 1 is 0.873 bits per heavy atom. The number of anilines is 1. The number of hydrogen-bond donors (Lipinski definition) is 3. The normalized spacial score (nSPS) is 15.7. The van der Waals surface area contributed by atoms with Crippen LogP contribution >= 0.6 is 24.0 Å². The summed E-state index contributed by atoms with van der Waals surface area (Å²) in [6, 6.07) is 9.47. The summed E-state index contributed by atoms with van der Waals surface area (Å²) in [6.07, 6.45) is -9.18. The number of rotatable bonds is 10. The molecule has 4 N–H and O–H groups in total. The van der Waals surface area contributed by atoms with Gasteiger partial charge in [-0.1, -0.05) is 30.0 Å². The van der Waals surface area contributed by atoms with Crippen molar-refractivity contribution in [2.75, 3.05) is 44.6 Å². The Kier molecular flexibility index (Phi) is 12.1. The number of carboxylic acid groups (broad SMARTS) is 1. The quantitative estimate of drug-likeness (QED) is 0.128. The van der Waals surface area contributed by atoms with Gasteiger partial charge in [0, 0.05) is 50.4 Å². The second kappa shape index (κ2) is 16.4. The first kappa shape index (κ1) is 40.6. The molecule has 2 fully saturated rings. The number of aromatic carboxylic acids is 1. The van der Waals surface area contributed by atoms with E-state index in [1.165, 1.54) is 58.3 Å². The summed E-state index contributed by atoms with van der Waals surface area (Å²) in [4.78, 5) is 65.5. The molecule has 0 unspecified atom stereocenters. The average Bonchev–Trinajstić information content (AvgIpc) is 3.39. The van der Waals surface area contributed by atoms with Crippen LogP contribution in [0.3, 0.4) is 0 Å². The Morgan fingerprint density at radius 2 is 1.47 bits per heavy atom. The number of carbonyl (C=O) groups excluding carboxylic acids is 4. The summed E-state index contributed by atoms with van der Waals surface area (Å²) in [5, 5.41) is 11.6. The number of hydrogen-bond acceptors (Lipinski definition) is 8. The highest BCUT2D eigenvalue weighted by molar-refractivity contribution is 8.26. The van der Waals surface area contributed by atoms with Crippen molar-refractivity contribution >= 4 is 69.8 Å². The zero-order chi connectivity index (χ0) is 40.2. The molecule has 12 nitrogen and oxygen atoms in total. The third-order valence-corrected chi connectivity index (χ3v) is 9.74. The number of halogens is 6. The molecular formula is C35H29F6N5O7S2. The Morgan fingerprint density at radius 3 is 2.04 bits per heavy atom. The minimum atomic E-state index is -5.11. The predicted molar refractivity (Wildman–Crippen MR) is 192 cm³/mol. The van der Waals surface area contributed by atoms with E-state index in [9.17, 15) is 50.3 Å². The molecule has 5 amide bonds. The number of carboxylic acids is 1. The molecule has 0 saturated carbocycles. The third kappa shape index (κ3) is 10.1. The van der Waals surface area contributed by atoms with Crippen LogP contribution in [0.15, 0.2) is 65.6 Å². The number of primary amides is 1. The van der Waals surface area contributed by atoms with Crippen molar-refractivity contribution in [3.63, 3.8) is 0 Å². The van der Waals surface area contributed by atoms with E-state index >= 15 is 0 Å². The van der Waals surface area contributed by atoms with Gasteiger partial charge in [-0.05, 0) is 71.8 Å². The first-order valence-electron chi connectivity index (χ1n) is 16.1. The number of nitrogens with two attached hydrogens (primary N) is 1. The molecule has 0 spiro atoms. The lowest BCUT2D eigenvalue weighted by Gasteiger charge is -2.33. The molecule has 3 aromatic rings. The van der Waals surface area contributed by atoms with E-state index in [2.05, 4.69) is 5.32 Å². The van der Waals surface area contributed by atoms with Gasteiger partial charge in [-0.15, -0.1) is 0 Å². The highest BCUT2D eigenvalue weighted by atomic mass is 32.2. The topological polar surface area (TPSA) is 163 Å². The van der Waals surface area contributed by atoms with Crippen molar-refractivity contribution in [2.24, 2.45) is 5.73 Å². The molecule has 0 atom stereocenters. The van der Waals surface area contributed by atoms with Crippen molar-refractivity contribution in [2.45, 2.75) is 18.8 Å². The van der Waals surface area contributed by atoms with Crippen molar-refractivity contribution in [3.05, 3.63) is 87.8 Å². The number of urea groups is 1. The molecule has 290 valence electrons. The van der Waals surface area contributed by atoms with Crippen LogP contribution in [0.2, 0.25) is 0 Å². The second-order valence-electron chi connectivity index (χ2n) is 12.1. The lowest BCUT2D eigenvalue weighted by molar-refractivity contribution is -0.143. The van der Waals surface area contributed by atoms with Crippen molar-refractivity contribution in [1.82, 2.24) is 14.7 Å². The van der Waals surface area contributed by atoms with Gasteiger partial charge in [0.1, 0.15) is 10.1 Å². The molecule has 3 aromatic carbocycles. The van der Waals surface area contributed by atoms with Crippen LogP contribution in [0.1, 0.15) is 33.5 Å². The number of alkyl halides is 6. The number of carbonyl (C=O) groups is 5. The van der Waals surface area contributed by atoms with Crippen molar-refractivity contribution in [3.8, 4) is 16.9 Å². The maximum absolute atomic E-state index is 13.7. The number of nitrogens with one attached hydrogen (secondary N) is 1. The molecule has 5 rings (SSSR count). The molecule has 0 aliphatic carbocycles. The van der Waals surface area contributed by atoms with Crippen LogP contribution in [0.25, 0.3) is 17.2 Å². The fourth-order valence-electron chi connectivity index (χ4n) is 5.47. The number of amides is 5. The van der Waals surface area contributed by atoms with Crippen molar-refractivity contribution in [1.29, 1.82) is 0 Å². The van der Waals surface area contributed by atoms with Crippen molar-refractivity contribution < 1.29 is 60.2 Å². The second-order valence-corrected chi connectivity index (χ2v) is 13.7. The first-order valence-corrected chi connectivity index (χ1v) is 17.3. The lowest BCUT2D eigenvalue weighted by Crippen LogP contribution is -2.52. The molecule has 2 aliphatic rings. The molecule has 2 heterocycles. The molecule has 0 aromatic heterocycles. The summed E-state index contributed by atoms with van der Waals surface area (Å²) in [5.74, 6) is -2.87. The van der Waals surface area contributed by atoms with Gasteiger partial charge in [-0.2, -0.15) is 26.3 Å². The summed E-state index contributed by atoms with van der Waals surface area (Å²) < 4.78 is 87.9. The van der Waals surface area contributed by atoms with Gasteiger partial charge in [0.2, 0.25) is 5.91 Å².